The quantitative estimate of drug-likeness (QED) is 0.467. The van der Waals surface area contributed by atoms with E-state index in [-0.39, 0.29) is 12.1 Å². The lowest BCUT2D eigenvalue weighted by Crippen LogP contribution is -2.52. The zero-order valence-electron chi connectivity index (χ0n) is 19.9. The number of ether oxygens (including phenoxy) is 1. The smallest absolute Gasteiger partial charge is 0.123 e. The van der Waals surface area contributed by atoms with Crippen molar-refractivity contribution < 1.29 is 4.74 Å². The third kappa shape index (κ3) is 6.23. The maximum atomic E-state index is 6.27. The van der Waals surface area contributed by atoms with Crippen LogP contribution in [0, 0.1) is 0 Å². The van der Waals surface area contributed by atoms with Gasteiger partial charge in [0.2, 0.25) is 0 Å². The van der Waals surface area contributed by atoms with Crippen molar-refractivity contribution in [3.05, 3.63) is 63.6 Å². The Labute approximate surface area is 209 Å². The Morgan fingerprint density at radius 2 is 1.70 bits per heavy atom. The molecule has 4 nitrogen and oxygen atoms in total. The second kappa shape index (κ2) is 11.9. The summed E-state index contributed by atoms with van der Waals surface area (Å²) in [5, 5.41) is 4.95. The molecule has 0 radical (unpaired) electrons. The van der Waals surface area contributed by atoms with Crippen molar-refractivity contribution in [3.8, 4) is 5.75 Å². The molecule has 6 heteroatoms. The van der Waals surface area contributed by atoms with Crippen molar-refractivity contribution in [2.45, 2.75) is 57.2 Å². The van der Waals surface area contributed by atoms with E-state index in [1.807, 2.05) is 24.3 Å². The summed E-state index contributed by atoms with van der Waals surface area (Å²) < 4.78 is 5.76. The van der Waals surface area contributed by atoms with Gasteiger partial charge in [-0.15, -0.1) is 0 Å². The van der Waals surface area contributed by atoms with Gasteiger partial charge in [0.25, 0.3) is 0 Å². The molecule has 33 heavy (non-hydrogen) atoms. The summed E-state index contributed by atoms with van der Waals surface area (Å²) in [6, 6.07) is 15.5. The van der Waals surface area contributed by atoms with E-state index in [1.54, 1.807) is 7.11 Å². The van der Waals surface area contributed by atoms with E-state index in [2.05, 4.69) is 40.2 Å². The van der Waals surface area contributed by atoms with Gasteiger partial charge in [-0.05, 0) is 43.5 Å². The summed E-state index contributed by atoms with van der Waals surface area (Å²) in [7, 11) is 1.77. The van der Waals surface area contributed by atoms with E-state index in [0.29, 0.717) is 10.0 Å². The van der Waals surface area contributed by atoms with E-state index in [9.17, 15) is 0 Å². The first kappa shape index (κ1) is 24.8. The molecule has 0 bridgehead atoms. The first-order valence-electron chi connectivity index (χ1n) is 12.4. The average molecular weight is 491 g/mol. The highest BCUT2D eigenvalue weighted by Gasteiger charge is 2.30. The number of methoxy groups -OCH3 is 1. The number of hydrogen-bond donors (Lipinski definition) is 1. The molecule has 2 aliphatic rings. The second-order valence-corrected chi connectivity index (χ2v) is 10.2. The van der Waals surface area contributed by atoms with Gasteiger partial charge in [-0.1, -0.05) is 66.7 Å². The minimum Gasteiger partial charge on any atom is -0.496 e. The van der Waals surface area contributed by atoms with E-state index < -0.39 is 0 Å². The van der Waals surface area contributed by atoms with Gasteiger partial charge >= 0.3 is 0 Å². The Hall–Kier alpha value is -1.30. The summed E-state index contributed by atoms with van der Waals surface area (Å²) in [5.74, 6) is 0.959. The lowest BCUT2D eigenvalue weighted by molar-refractivity contribution is 0.0546. The molecule has 0 spiro atoms. The molecule has 4 rings (SSSR count). The number of rotatable bonds is 8. The monoisotopic (exact) mass is 489 g/mol. The van der Waals surface area contributed by atoms with Crippen LogP contribution in [-0.4, -0.2) is 55.7 Å². The maximum Gasteiger partial charge on any atom is 0.123 e. The Bertz CT molecular complexity index is 895. The van der Waals surface area contributed by atoms with E-state index >= 15 is 0 Å². The van der Waals surface area contributed by atoms with Crippen molar-refractivity contribution in [3.63, 3.8) is 0 Å². The van der Waals surface area contributed by atoms with Crippen LogP contribution >= 0.6 is 23.2 Å². The maximum absolute atomic E-state index is 6.27. The van der Waals surface area contributed by atoms with E-state index in [0.717, 1.165) is 50.1 Å². The Morgan fingerprint density at radius 3 is 2.39 bits per heavy atom. The van der Waals surface area contributed by atoms with Crippen LogP contribution in [0.4, 0.5) is 0 Å². The molecule has 1 aliphatic heterocycles. The fraction of sp³-hybridized carbons (Fsp3) is 0.556. The molecule has 2 atom stereocenters. The zero-order valence-corrected chi connectivity index (χ0v) is 21.4. The van der Waals surface area contributed by atoms with Gasteiger partial charge in [0, 0.05) is 50.4 Å². The SMILES string of the molecule is COc1ccccc1C(CNC(C)c1ccc(Cl)c(Cl)c1)N1CCN(C2CCCCC2)CC1. The molecule has 1 N–H and O–H groups in total. The number of piperazine rings is 1. The fourth-order valence-electron chi connectivity index (χ4n) is 5.43. The second-order valence-electron chi connectivity index (χ2n) is 9.43. The molecule has 1 heterocycles. The molecule has 2 aromatic rings. The summed E-state index contributed by atoms with van der Waals surface area (Å²) in [6.07, 6.45) is 6.95. The van der Waals surface area contributed by atoms with Crippen LogP contribution < -0.4 is 10.1 Å². The van der Waals surface area contributed by atoms with Crippen LogP contribution in [0.15, 0.2) is 42.5 Å². The Morgan fingerprint density at radius 1 is 0.970 bits per heavy atom. The lowest BCUT2D eigenvalue weighted by Gasteiger charge is -2.44. The summed E-state index contributed by atoms with van der Waals surface area (Å²) in [6.45, 7) is 7.49. The van der Waals surface area contributed by atoms with Crippen molar-refractivity contribution in [2.24, 2.45) is 0 Å². The number of para-hydroxylation sites is 1. The first-order valence-corrected chi connectivity index (χ1v) is 13.1. The predicted molar refractivity (Wildman–Crippen MR) is 139 cm³/mol. The zero-order chi connectivity index (χ0) is 23.2. The highest BCUT2D eigenvalue weighted by molar-refractivity contribution is 6.42. The molecule has 1 saturated carbocycles. The highest BCUT2D eigenvalue weighted by Crippen LogP contribution is 2.32. The van der Waals surface area contributed by atoms with Crippen LogP contribution in [0.1, 0.15) is 62.2 Å². The minimum atomic E-state index is 0.167. The van der Waals surface area contributed by atoms with Crippen molar-refractivity contribution in [2.75, 3.05) is 39.8 Å². The summed E-state index contributed by atoms with van der Waals surface area (Å²) in [4.78, 5) is 5.37. The predicted octanol–water partition coefficient (Wildman–Crippen LogP) is 6.34. The van der Waals surface area contributed by atoms with Crippen LogP contribution in [0.2, 0.25) is 10.0 Å². The average Bonchev–Trinajstić information content (AvgIpc) is 2.87. The molecule has 2 fully saturated rings. The lowest BCUT2D eigenvalue weighted by atomic mass is 9.93. The number of hydrogen-bond acceptors (Lipinski definition) is 4. The normalized spacial score (nSPS) is 20.5. The number of benzene rings is 2. The van der Waals surface area contributed by atoms with Crippen LogP contribution in [0.25, 0.3) is 0 Å². The van der Waals surface area contributed by atoms with E-state index in [1.165, 1.54) is 37.7 Å². The van der Waals surface area contributed by atoms with Gasteiger partial charge < -0.3 is 10.1 Å². The van der Waals surface area contributed by atoms with Gasteiger partial charge in [0.15, 0.2) is 0 Å². The van der Waals surface area contributed by atoms with Crippen LogP contribution in [0.3, 0.4) is 0 Å². The minimum absolute atomic E-state index is 0.167. The van der Waals surface area contributed by atoms with Gasteiger partial charge in [0.1, 0.15) is 5.75 Å². The molecule has 1 aliphatic carbocycles. The van der Waals surface area contributed by atoms with Crippen molar-refractivity contribution in [1.29, 1.82) is 0 Å². The molecule has 2 aromatic carbocycles. The largest absolute Gasteiger partial charge is 0.496 e. The topological polar surface area (TPSA) is 27.7 Å². The van der Waals surface area contributed by atoms with Crippen molar-refractivity contribution in [1.82, 2.24) is 15.1 Å². The van der Waals surface area contributed by atoms with Crippen LogP contribution in [0.5, 0.6) is 5.75 Å². The van der Waals surface area contributed by atoms with Gasteiger partial charge in [-0.2, -0.15) is 0 Å². The van der Waals surface area contributed by atoms with Gasteiger partial charge in [-0.25, -0.2) is 0 Å². The fourth-order valence-corrected chi connectivity index (χ4v) is 5.73. The number of halogens is 2. The number of nitrogens with zero attached hydrogens (tertiary/aromatic N) is 2. The number of nitrogens with one attached hydrogen (secondary N) is 1. The van der Waals surface area contributed by atoms with Crippen LogP contribution in [-0.2, 0) is 0 Å². The van der Waals surface area contributed by atoms with Gasteiger partial charge in [0.05, 0.1) is 23.2 Å². The molecular formula is C27H37Cl2N3O. The molecular weight excluding hydrogens is 453 g/mol. The standard InChI is InChI=1S/C27H37Cl2N3O/c1-20(21-12-13-24(28)25(29)18-21)30-19-26(23-10-6-7-11-27(23)33-2)32-16-14-31(15-17-32)22-8-4-3-5-9-22/h6-7,10-13,18,20,22,26,30H,3-5,8-9,14-17,19H2,1-2H3. The molecule has 180 valence electrons. The molecule has 2 unspecified atom stereocenters. The highest BCUT2D eigenvalue weighted by atomic mass is 35.5. The summed E-state index contributed by atoms with van der Waals surface area (Å²) >= 11 is 12.4. The molecule has 1 saturated heterocycles. The Balaban J connectivity index is 1.46. The van der Waals surface area contributed by atoms with E-state index in [4.69, 9.17) is 27.9 Å². The summed E-state index contributed by atoms with van der Waals surface area (Å²) in [5.41, 5.74) is 2.39. The Kier molecular flexibility index (Phi) is 8.95. The first-order chi connectivity index (χ1) is 16.1. The third-order valence-corrected chi connectivity index (χ3v) is 8.18. The molecule has 0 aromatic heterocycles. The van der Waals surface area contributed by atoms with Crippen molar-refractivity contribution >= 4 is 23.2 Å². The third-order valence-electron chi connectivity index (χ3n) is 7.44. The van der Waals surface area contributed by atoms with Gasteiger partial charge in [-0.3, -0.25) is 9.80 Å². The molecule has 0 amide bonds.